The van der Waals surface area contributed by atoms with E-state index in [2.05, 4.69) is 12.6 Å². The molecule has 0 unspecified atom stereocenters. The first-order valence-corrected chi connectivity index (χ1v) is 6.32. The highest BCUT2D eigenvalue weighted by Gasteiger charge is 2.51. The van der Waals surface area contributed by atoms with Gasteiger partial charge in [0.1, 0.15) is 0 Å². The van der Waals surface area contributed by atoms with Crippen molar-refractivity contribution in [1.82, 2.24) is 0 Å². The molecule has 4 aliphatic carbocycles. The average molecular weight is 210 g/mol. The molecule has 0 amide bonds. The zero-order valence-electron chi connectivity index (χ0n) is 8.54. The van der Waals surface area contributed by atoms with E-state index in [9.17, 15) is 4.79 Å². The molecule has 0 N–H and O–H groups in total. The summed E-state index contributed by atoms with van der Waals surface area (Å²) in [7, 11) is 0. The summed E-state index contributed by atoms with van der Waals surface area (Å²) in [6, 6.07) is 0. The lowest BCUT2D eigenvalue weighted by atomic mass is 9.49. The van der Waals surface area contributed by atoms with Gasteiger partial charge in [-0.05, 0) is 61.7 Å². The van der Waals surface area contributed by atoms with E-state index in [1.165, 1.54) is 38.5 Å². The molecule has 14 heavy (non-hydrogen) atoms. The molecule has 0 heterocycles. The molecule has 4 rings (SSSR count). The van der Waals surface area contributed by atoms with Crippen molar-refractivity contribution in [2.75, 3.05) is 0 Å². The number of carbonyl (C=O) groups excluding carboxylic acids is 1. The van der Waals surface area contributed by atoms with Gasteiger partial charge in [-0.1, -0.05) is 0 Å². The molecule has 4 aliphatic rings. The first-order chi connectivity index (χ1) is 6.65. The quantitative estimate of drug-likeness (QED) is 0.693. The van der Waals surface area contributed by atoms with E-state index in [-0.39, 0.29) is 5.12 Å². The van der Waals surface area contributed by atoms with Gasteiger partial charge >= 0.3 is 0 Å². The minimum atomic E-state index is 0.118. The highest BCUT2D eigenvalue weighted by molar-refractivity contribution is 7.96. The summed E-state index contributed by atoms with van der Waals surface area (Å²) in [6.07, 6.45) is 9.10. The van der Waals surface area contributed by atoms with Gasteiger partial charge in [-0.15, -0.1) is 12.6 Å². The second-order valence-electron chi connectivity index (χ2n) is 5.99. The minimum absolute atomic E-state index is 0.118. The third-order valence-corrected chi connectivity index (χ3v) is 4.85. The second-order valence-corrected chi connectivity index (χ2v) is 6.49. The Kier molecular flexibility index (Phi) is 1.99. The summed E-state index contributed by atoms with van der Waals surface area (Å²) in [5, 5.41) is 0.118. The van der Waals surface area contributed by atoms with E-state index in [0.717, 1.165) is 24.2 Å². The molecule has 78 valence electrons. The van der Waals surface area contributed by atoms with Crippen LogP contribution in [0.25, 0.3) is 0 Å². The molecule has 0 saturated heterocycles. The predicted octanol–water partition coefficient (Wildman–Crippen LogP) is 3.05. The van der Waals surface area contributed by atoms with Crippen molar-refractivity contribution >= 4 is 17.7 Å². The van der Waals surface area contributed by atoms with E-state index in [0.29, 0.717) is 5.41 Å². The molecular weight excluding hydrogens is 192 g/mol. The van der Waals surface area contributed by atoms with Crippen molar-refractivity contribution in [3.63, 3.8) is 0 Å². The molecule has 1 nitrogen and oxygen atoms in total. The maximum atomic E-state index is 11.2. The van der Waals surface area contributed by atoms with Crippen LogP contribution in [0.2, 0.25) is 0 Å². The van der Waals surface area contributed by atoms with Crippen LogP contribution in [0.1, 0.15) is 44.9 Å². The lowest BCUT2D eigenvalue weighted by Gasteiger charge is -2.56. The number of rotatable bonds is 2. The molecule has 0 aromatic rings. The first-order valence-electron chi connectivity index (χ1n) is 5.87. The Labute approximate surface area is 91.1 Å². The summed E-state index contributed by atoms with van der Waals surface area (Å²) in [5.41, 5.74) is 0.396. The minimum Gasteiger partial charge on any atom is -0.287 e. The first kappa shape index (κ1) is 9.26. The Morgan fingerprint density at radius 1 is 1.07 bits per heavy atom. The van der Waals surface area contributed by atoms with Gasteiger partial charge in [0.25, 0.3) is 0 Å². The molecule has 0 spiro atoms. The van der Waals surface area contributed by atoms with Crippen molar-refractivity contribution < 1.29 is 4.79 Å². The van der Waals surface area contributed by atoms with Gasteiger partial charge in [-0.25, -0.2) is 0 Å². The smallest absolute Gasteiger partial charge is 0.186 e. The number of hydrogen-bond donors (Lipinski definition) is 1. The summed E-state index contributed by atoms with van der Waals surface area (Å²) in [5.74, 6) is 2.86. The topological polar surface area (TPSA) is 17.1 Å². The second kappa shape index (κ2) is 3.01. The van der Waals surface area contributed by atoms with Gasteiger partial charge in [0, 0.05) is 6.42 Å². The Bertz CT molecular complexity index is 236. The van der Waals surface area contributed by atoms with Crippen LogP contribution in [0.3, 0.4) is 0 Å². The largest absolute Gasteiger partial charge is 0.287 e. The van der Waals surface area contributed by atoms with Gasteiger partial charge < -0.3 is 0 Å². The Balaban J connectivity index is 1.83. The zero-order chi connectivity index (χ0) is 9.76. The number of carbonyl (C=O) groups is 1. The molecule has 0 atom stereocenters. The molecule has 4 bridgehead atoms. The van der Waals surface area contributed by atoms with Gasteiger partial charge in [0.05, 0.1) is 0 Å². The number of thiol groups is 1. The normalized spacial score (nSPS) is 49.6. The van der Waals surface area contributed by atoms with Crippen LogP contribution in [-0.4, -0.2) is 5.12 Å². The van der Waals surface area contributed by atoms with Crippen LogP contribution in [-0.2, 0) is 4.79 Å². The molecule has 0 aromatic heterocycles. The maximum Gasteiger partial charge on any atom is 0.186 e. The van der Waals surface area contributed by atoms with Crippen LogP contribution in [0, 0.1) is 23.2 Å². The van der Waals surface area contributed by atoms with E-state index in [1.54, 1.807) is 0 Å². The van der Waals surface area contributed by atoms with Crippen molar-refractivity contribution in [1.29, 1.82) is 0 Å². The SMILES string of the molecule is O=C(S)CC12CC3CC(CC(C3)C1)C2. The third-order valence-electron chi connectivity index (χ3n) is 4.69. The van der Waals surface area contributed by atoms with Crippen LogP contribution in [0.5, 0.6) is 0 Å². The van der Waals surface area contributed by atoms with Crippen molar-refractivity contribution in [2.24, 2.45) is 23.2 Å². The van der Waals surface area contributed by atoms with Crippen LogP contribution in [0.4, 0.5) is 0 Å². The summed E-state index contributed by atoms with van der Waals surface area (Å²) < 4.78 is 0. The van der Waals surface area contributed by atoms with Crippen molar-refractivity contribution in [3.8, 4) is 0 Å². The Morgan fingerprint density at radius 3 is 1.86 bits per heavy atom. The maximum absolute atomic E-state index is 11.2. The Hall–Kier alpha value is 0.0200. The third kappa shape index (κ3) is 1.42. The van der Waals surface area contributed by atoms with Crippen molar-refractivity contribution in [3.05, 3.63) is 0 Å². The molecule has 2 heteroatoms. The predicted molar refractivity (Wildman–Crippen MR) is 59.2 cm³/mol. The average Bonchev–Trinajstić information content (AvgIpc) is 1.96. The van der Waals surface area contributed by atoms with Gasteiger partial charge in [0.15, 0.2) is 5.12 Å². The van der Waals surface area contributed by atoms with E-state index in [4.69, 9.17) is 0 Å². The summed E-state index contributed by atoms with van der Waals surface area (Å²) in [4.78, 5) is 11.2. The van der Waals surface area contributed by atoms with Crippen LogP contribution >= 0.6 is 12.6 Å². The van der Waals surface area contributed by atoms with Gasteiger partial charge in [-0.2, -0.15) is 0 Å². The highest BCUT2D eigenvalue weighted by Crippen LogP contribution is 2.61. The van der Waals surface area contributed by atoms with E-state index < -0.39 is 0 Å². The highest BCUT2D eigenvalue weighted by atomic mass is 32.1. The molecule has 0 aromatic carbocycles. The zero-order valence-corrected chi connectivity index (χ0v) is 9.43. The standard InChI is InChI=1S/C12H18OS/c13-11(14)7-12-4-8-1-9(5-12)3-10(2-8)6-12/h8-10H,1-7H2,(H,13,14). The fourth-order valence-electron chi connectivity index (χ4n) is 4.83. The van der Waals surface area contributed by atoms with E-state index in [1.807, 2.05) is 0 Å². The summed E-state index contributed by atoms with van der Waals surface area (Å²) >= 11 is 3.98. The lowest BCUT2D eigenvalue weighted by molar-refractivity contribution is -0.118. The molecular formula is C12H18OS. The van der Waals surface area contributed by atoms with Crippen LogP contribution in [0.15, 0.2) is 0 Å². The van der Waals surface area contributed by atoms with Crippen molar-refractivity contribution in [2.45, 2.75) is 44.9 Å². The number of hydrogen-bond acceptors (Lipinski definition) is 1. The Morgan fingerprint density at radius 2 is 1.50 bits per heavy atom. The molecule has 4 saturated carbocycles. The van der Waals surface area contributed by atoms with Gasteiger partial charge in [-0.3, -0.25) is 4.79 Å². The lowest BCUT2D eigenvalue weighted by Crippen LogP contribution is -2.46. The fourth-order valence-corrected chi connectivity index (χ4v) is 5.16. The summed E-state index contributed by atoms with van der Waals surface area (Å²) in [6.45, 7) is 0. The molecule has 0 aliphatic heterocycles. The fraction of sp³-hybridized carbons (Fsp3) is 0.917. The monoisotopic (exact) mass is 210 g/mol. The van der Waals surface area contributed by atoms with Crippen LogP contribution < -0.4 is 0 Å². The molecule has 4 fully saturated rings. The molecule has 0 radical (unpaired) electrons. The van der Waals surface area contributed by atoms with E-state index >= 15 is 0 Å². The van der Waals surface area contributed by atoms with Gasteiger partial charge in [0.2, 0.25) is 0 Å².